The Kier molecular flexibility index (Phi) is 6.95. The predicted octanol–water partition coefficient (Wildman–Crippen LogP) is 4.20. The number of pyridine rings is 1. The molecule has 1 aromatic carbocycles. The van der Waals surface area contributed by atoms with E-state index in [2.05, 4.69) is 15.5 Å². The third-order valence-corrected chi connectivity index (χ3v) is 7.85. The lowest BCUT2D eigenvalue weighted by atomic mass is 9.99. The number of nitrogens with one attached hydrogen (secondary N) is 1. The van der Waals surface area contributed by atoms with Crippen LogP contribution in [0.5, 0.6) is 0 Å². The molecule has 8 nitrogen and oxygen atoms in total. The molecule has 1 saturated heterocycles. The van der Waals surface area contributed by atoms with Crippen LogP contribution in [0.4, 0.5) is 5.82 Å². The minimum absolute atomic E-state index is 0.0391. The molecule has 2 aromatic heterocycles. The number of rotatable bonds is 6. The normalized spacial score (nSPS) is 17.2. The maximum absolute atomic E-state index is 13.6. The van der Waals surface area contributed by atoms with Crippen molar-refractivity contribution < 1.29 is 17.7 Å². The highest BCUT2D eigenvalue weighted by Crippen LogP contribution is 2.29. The second kappa shape index (κ2) is 9.90. The Morgan fingerprint density at radius 2 is 1.88 bits per heavy atom. The van der Waals surface area contributed by atoms with Crippen LogP contribution in [0.3, 0.4) is 0 Å². The van der Waals surface area contributed by atoms with Crippen LogP contribution in [0.15, 0.2) is 51.9 Å². The highest BCUT2D eigenvalue weighted by atomic mass is 32.2. The predicted molar refractivity (Wildman–Crippen MR) is 130 cm³/mol. The van der Waals surface area contributed by atoms with Gasteiger partial charge in [-0.1, -0.05) is 47.1 Å². The van der Waals surface area contributed by atoms with Crippen LogP contribution in [-0.4, -0.2) is 41.9 Å². The molecule has 9 heteroatoms. The molecule has 1 aliphatic heterocycles. The van der Waals surface area contributed by atoms with Crippen molar-refractivity contribution in [1.82, 2.24) is 14.4 Å². The molecule has 1 atom stereocenters. The standard InChI is InChI=1S/C25H28N4O4S/c1-17-9-11-20(12-10-17)13-14-22-24(19(3)28-33-22)34(31,32)29-15-5-7-21(16-29)25(30)27-23-8-4-6-18(2)26-23/h4,6,8-14,21H,5,7,15-16H2,1-3H3,(H,26,27,30)/b14-13+/t21-/m1/s1. The monoisotopic (exact) mass is 480 g/mol. The lowest BCUT2D eigenvalue weighted by Gasteiger charge is -2.31. The van der Waals surface area contributed by atoms with Crippen molar-refractivity contribution >= 4 is 33.9 Å². The lowest BCUT2D eigenvalue weighted by molar-refractivity contribution is -0.120. The maximum atomic E-state index is 13.6. The van der Waals surface area contributed by atoms with Crippen molar-refractivity contribution in [3.63, 3.8) is 0 Å². The molecule has 3 heterocycles. The van der Waals surface area contributed by atoms with Crippen molar-refractivity contribution in [2.45, 2.75) is 38.5 Å². The summed E-state index contributed by atoms with van der Waals surface area (Å²) in [6.07, 6.45) is 4.60. The molecule has 0 unspecified atom stereocenters. The number of benzene rings is 1. The number of aromatic nitrogens is 2. The molecule has 1 amide bonds. The second-order valence-electron chi connectivity index (χ2n) is 8.56. The third-order valence-electron chi connectivity index (χ3n) is 5.83. The van der Waals surface area contributed by atoms with Crippen LogP contribution in [0.1, 0.15) is 41.1 Å². The van der Waals surface area contributed by atoms with Gasteiger partial charge in [0.05, 0.1) is 5.92 Å². The Bertz CT molecular complexity index is 1310. The van der Waals surface area contributed by atoms with E-state index in [1.165, 1.54) is 4.31 Å². The zero-order valence-corrected chi connectivity index (χ0v) is 20.3. The van der Waals surface area contributed by atoms with Gasteiger partial charge in [0.2, 0.25) is 15.9 Å². The van der Waals surface area contributed by atoms with E-state index in [9.17, 15) is 13.2 Å². The zero-order valence-electron chi connectivity index (χ0n) is 19.5. The summed E-state index contributed by atoms with van der Waals surface area (Å²) in [5.41, 5.74) is 3.14. The Morgan fingerprint density at radius 3 is 2.62 bits per heavy atom. The minimum atomic E-state index is -3.91. The first kappa shape index (κ1) is 23.8. The third kappa shape index (κ3) is 5.26. The van der Waals surface area contributed by atoms with E-state index >= 15 is 0 Å². The summed E-state index contributed by atoms with van der Waals surface area (Å²) in [4.78, 5) is 17.2. The number of hydrogen-bond donors (Lipinski definition) is 1. The van der Waals surface area contributed by atoms with Gasteiger partial charge in [0.25, 0.3) is 0 Å². The molecule has 4 rings (SSSR count). The van der Waals surface area contributed by atoms with E-state index in [1.807, 2.05) is 50.2 Å². The number of sulfonamides is 1. The molecule has 1 N–H and O–H groups in total. The Labute approximate surface area is 199 Å². The Morgan fingerprint density at radius 1 is 1.12 bits per heavy atom. The quantitative estimate of drug-likeness (QED) is 0.567. The molecule has 0 radical (unpaired) electrons. The summed E-state index contributed by atoms with van der Waals surface area (Å²) >= 11 is 0. The van der Waals surface area contributed by atoms with E-state index < -0.39 is 15.9 Å². The van der Waals surface area contributed by atoms with Crippen molar-refractivity contribution in [2.24, 2.45) is 5.92 Å². The fourth-order valence-corrected chi connectivity index (χ4v) is 5.77. The number of aryl methyl sites for hydroxylation is 3. The number of amides is 1. The lowest BCUT2D eigenvalue weighted by Crippen LogP contribution is -2.44. The smallest absolute Gasteiger partial charge is 0.248 e. The minimum Gasteiger partial charge on any atom is -0.355 e. The first-order valence-electron chi connectivity index (χ1n) is 11.2. The molecule has 178 valence electrons. The van der Waals surface area contributed by atoms with Crippen molar-refractivity contribution in [2.75, 3.05) is 18.4 Å². The summed E-state index contributed by atoms with van der Waals surface area (Å²) in [5.74, 6) is -0.0749. The number of piperidine rings is 1. The highest BCUT2D eigenvalue weighted by molar-refractivity contribution is 7.89. The van der Waals surface area contributed by atoms with Gasteiger partial charge < -0.3 is 9.84 Å². The molecular formula is C25H28N4O4S. The summed E-state index contributed by atoms with van der Waals surface area (Å²) in [5, 5.41) is 6.71. The molecule has 34 heavy (non-hydrogen) atoms. The molecule has 0 saturated carbocycles. The van der Waals surface area contributed by atoms with Crippen LogP contribution >= 0.6 is 0 Å². The fraction of sp³-hybridized carbons (Fsp3) is 0.320. The summed E-state index contributed by atoms with van der Waals surface area (Å²) < 4.78 is 33.8. The zero-order chi connectivity index (χ0) is 24.3. The Balaban J connectivity index is 1.53. The summed E-state index contributed by atoms with van der Waals surface area (Å²) in [6, 6.07) is 13.2. The largest absolute Gasteiger partial charge is 0.355 e. The van der Waals surface area contributed by atoms with Gasteiger partial charge in [-0.25, -0.2) is 13.4 Å². The first-order chi connectivity index (χ1) is 16.2. The number of carbonyl (C=O) groups excluding carboxylic acids is 1. The van der Waals surface area contributed by atoms with E-state index in [0.717, 1.165) is 16.8 Å². The average Bonchev–Trinajstić information content (AvgIpc) is 3.20. The van der Waals surface area contributed by atoms with Crippen LogP contribution < -0.4 is 5.32 Å². The Hall–Kier alpha value is -3.30. The molecular weight excluding hydrogens is 452 g/mol. The summed E-state index contributed by atoms with van der Waals surface area (Å²) in [6.45, 7) is 5.88. The molecule has 0 bridgehead atoms. The van der Waals surface area contributed by atoms with Gasteiger partial charge in [-0.3, -0.25) is 4.79 Å². The highest BCUT2D eigenvalue weighted by Gasteiger charge is 2.37. The summed E-state index contributed by atoms with van der Waals surface area (Å²) in [7, 11) is -3.91. The average molecular weight is 481 g/mol. The van der Waals surface area contributed by atoms with E-state index in [-0.39, 0.29) is 23.1 Å². The molecule has 1 aliphatic rings. The van der Waals surface area contributed by atoms with Crippen LogP contribution in [0.2, 0.25) is 0 Å². The number of hydrogen-bond acceptors (Lipinski definition) is 6. The van der Waals surface area contributed by atoms with Gasteiger partial charge in [0.1, 0.15) is 11.5 Å². The van der Waals surface area contributed by atoms with Crippen LogP contribution in [0, 0.1) is 26.7 Å². The molecule has 1 fully saturated rings. The van der Waals surface area contributed by atoms with E-state index in [1.54, 1.807) is 25.1 Å². The van der Waals surface area contributed by atoms with E-state index in [4.69, 9.17) is 4.52 Å². The van der Waals surface area contributed by atoms with Gasteiger partial charge in [-0.15, -0.1) is 0 Å². The number of carbonyl (C=O) groups is 1. The number of nitrogens with zero attached hydrogens (tertiary/aromatic N) is 3. The van der Waals surface area contributed by atoms with Gasteiger partial charge >= 0.3 is 0 Å². The van der Waals surface area contributed by atoms with Crippen molar-refractivity contribution in [1.29, 1.82) is 0 Å². The molecule has 0 aliphatic carbocycles. The van der Waals surface area contributed by atoms with Crippen molar-refractivity contribution in [3.8, 4) is 0 Å². The first-order valence-corrected chi connectivity index (χ1v) is 12.6. The van der Waals surface area contributed by atoms with Crippen LogP contribution in [0.25, 0.3) is 12.2 Å². The fourth-order valence-electron chi connectivity index (χ4n) is 3.99. The van der Waals surface area contributed by atoms with Crippen molar-refractivity contribution in [3.05, 3.63) is 70.7 Å². The topological polar surface area (TPSA) is 105 Å². The maximum Gasteiger partial charge on any atom is 0.248 e. The van der Waals surface area contributed by atoms with Gasteiger partial charge in [-0.2, -0.15) is 4.31 Å². The number of anilines is 1. The molecule has 3 aromatic rings. The van der Waals surface area contributed by atoms with Gasteiger partial charge in [0, 0.05) is 18.8 Å². The second-order valence-corrected chi connectivity index (χ2v) is 10.4. The molecule has 0 spiro atoms. The van der Waals surface area contributed by atoms with Gasteiger partial charge in [0.15, 0.2) is 10.7 Å². The van der Waals surface area contributed by atoms with E-state index in [0.29, 0.717) is 30.9 Å². The van der Waals surface area contributed by atoms with Gasteiger partial charge in [-0.05, 0) is 57.4 Å². The van der Waals surface area contributed by atoms with Crippen LogP contribution in [-0.2, 0) is 14.8 Å². The SMILES string of the molecule is Cc1ccc(/C=C/c2onc(C)c2S(=O)(=O)N2CCC[C@@H](C(=O)Nc3cccc(C)n3)C2)cc1.